The molecule has 2 heteroatoms. The maximum Gasteiger partial charge on any atom is 0.108 e. The molecule has 0 aromatic carbocycles. The predicted octanol–water partition coefficient (Wildman–Crippen LogP) is 2.66. The summed E-state index contributed by atoms with van der Waals surface area (Å²) >= 11 is 0. The highest BCUT2D eigenvalue weighted by atomic mass is 16.3. The Bertz CT molecular complexity index is 261. The molecule has 1 N–H and O–H groups in total. The van der Waals surface area contributed by atoms with E-state index in [1.807, 2.05) is 6.26 Å². The number of aryl methyl sites for hydroxylation is 1. The van der Waals surface area contributed by atoms with Crippen molar-refractivity contribution in [2.75, 3.05) is 6.54 Å². The van der Waals surface area contributed by atoms with Gasteiger partial charge in [-0.05, 0) is 25.5 Å². The molecule has 0 unspecified atom stereocenters. The fraction of sp³-hybridized carbons (Fsp3) is 0.636. The highest BCUT2D eigenvalue weighted by Crippen LogP contribution is 2.26. The van der Waals surface area contributed by atoms with Crippen LogP contribution in [0.1, 0.15) is 43.6 Å². The largest absolute Gasteiger partial charge is 0.469 e. The van der Waals surface area contributed by atoms with Crippen LogP contribution in [0.2, 0.25) is 0 Å². The predicted molar refractivity (Wildman–Crippen MR) is 52.7 cm³/mol. The maximum atomic E-state index is 5.43. The number of piperidine rings is 1. The van der Waals surface area contributed by atoms with Gasteiger partial charge >= 0.3 is 0 Å². The first kappa shape index (κ1) is 8.82. The van der Waals surface area contributed by atoms with Gasteiger partial charge < -0.3 is 9.73 Å². The molecule has 2 rings (SSSR count). The molecular weight excluding hydrogens is 162 g/mol. The van der Waals surface area contributed by atoms with Gasteiger partial charge in [-0.15, -0.1) is 0 Å². The summed E-state index contributed by atoms with van der Waals surface area (Å²) in [4.78, 5) is 0. The molecule has 72 valence electrons. The smallest absolute Gasteiger partial charge is 0.108 e. The number of furan rings is 1. The van der Waals surface area contributed by atoms with Crippen molar-refractivity contribution in [1.82, 2.24) is 5.32 Å². The average Bonchev–Trinajstić information content (AvgIpc) is 2.67. The van der Waals surface area contributed by atoms with Crippen LogP contribution in [0.3, 0.4) is 0 Å². The summed E-state index contributed by atoms with van der Waals surface area (Å²) in [7, 11) is 0. The van der Waals surface area contributed by atoms with Crippen LogP contribution < -0.4 is 5.32 Å². The van der Waals surface area contributed by atoms with Gasteiger partial charge in [0, 0.05) is 18.0 Å². The maximum absolute atomic E-state index is 5.43. The highest BCUT2D eigenvalue weighted by Gasteiger charge is 2.18. The Labute approximate surface area is 79.3 Å². The summed E-state index contributed by atoms with van der Waals surface area (Å²) in [6, 6.07) is 2.66. The lowest BCUT2D eigenvalue weighted by molar-refractivity contribution is 0.402. The van der Waals surface area contributed by atoms with E-state index in [0.29, 0.717) is 6.04 Å². The number of rotatable bonds is 2. The first-order valence-corrected chi connectivity index (χ1v) is 5.21. The summed E-state index contributed by atoms with van der Waals surface area (Å²) in [5.74, 6) is 1.15. The summed E-state index contributed by atoms with van der Waals surface area (Å²) in [5, 5.41) is 3.54. The highest BCUT2D eigenvalue weighted by molar-refractivity contribution is 5.21. The molecule has 13 heavy (non-hydrogen) atoms. The third kappa shape index (κ3) is 1.78. The third-order valence-corrected chi connectivity index (χ3v) is 2.79. The average molecular weight is 179 g/mol. The monoisotopic (exact) mass is 179 g/mol. The number of nitrogens with one attached hydrogen (secondary N) is 1. The normalized spacial score (nSPS) is 23.3. The van der Waals surface area contributed by atoms with Gasteiger partial charge in [-0.2, -0.15) is 0 Å². The van der Waals surface area contributed by atoms with Crippen LogP contribution in [0.4, 0.5) is 0 Å². The molecule has 1 fully saturated rings. The zero-order valence-corrected chi connectivity index (χ0v) is 8.18. The van der Waals surface area contributed by atoms with E-state index in [1.165, 1.54) is 24.8 Å². The number of hydrogen-bond acceptors (Lipinski definition) is 2. The summed E-state index contributed by atoms with van der Waals surface area (Å²) in [6.07, 6.45) is 6.72. The van der Waals surface area contributed by atoms with Crippen LogP contribution in [0, 0.1) is 0 Å². The van der Waals surface area contributed by atoms with Gasteiger partial charge in [-0.3, -0.25) is 0 Å². The lowest BCUT2D eigenvalue weighted by Gasteiger charge is -2.23. The molecule has 0 radical (unpaired) electrons. The first-order chi connectivity index (χ1) is 6.42. The molecule has 0 saturated carbocycles. The van der Waals surface area contributed by atoms with Crippen molar-refractivity contribution in [1.29, 1.82) is 0 Å². The van der Waals surface area contributed by atoms with E-state index in [-0.39, 0.29) is 0 Å². The molecule has 1 atom stereocenters. The van der Waals surface area contributed by atoms with Gasteiger partial charge in [0.25, 0.3) is 0 Å². The fourth-order valence-electron chi connectivity index (χ4n) is 2.07. The van der Waals surface area contributed by atoms with E-state index in [2.05, 4.69) is 18.3 Å². The van der Waals surface area contributed by atoms with E-state index >= 15 is 0 Å². The van der Waals surface area contributed by atoms with Crippen molar-refractivity contribution in [3.63, 3.8) is 0 Å². The standard InChI is InChI=1S/C11H17NO/c1-2-11-9(6-8-13-11)10-5-3-4-7-12-10/h6,8,10,12H,2-5,7H2,1H3/t10-/m0/s1. The van der Waals surface area contributed by atoms with Gasteiger partial charge in [-0.25, -0.2) is 0 Å². The van der Waals surface area contributed by atoms with E-state index in [9.17, 15) is 0 Å². The zero-order valence-electron chi connectivity index (χ0n) is 8.18. The van der Waals surface area contributed by atoms with Crippen molar-refractivity contribution in [2.24, 2.45) is 0 Å². The van der Waals surface area contributed by atoms with Gasteiger partial charge in [0.15, 0.2) is 0 Å². The molecule has 1 aliphatic heterocycles. The van der Waals surface area contributed by atoms with E-state index in [0.717, 1.165) is 18.7 Å². The van der Waals surface area contributed by atoms with Gasteiger partial charge in [-0.1, -0.05) is 13.3 Å². The van der Waals surface area contributed by atoms with Crippen molar-refractivity contribution >= 4 is 0 Å². The molecule has 0 spiro atoms. The molecule has 0 aliphatic carbocycles. The first-order valence-electron chi connectivity index (χ1n) is 5.21. The van der Waals surface area contributed by atoms with Gasteiger partial charge in [0.05, 0.1) is 6.26 Å². The minimum atomic E-state index is 0.544. The fourth-order valence-corrected chi connectivity index (χ4v) is 2.07. The second kappa shape index (κ2) is 3.97. The van der Waals surface area contributed by atoms with Crippen molar-refractivity contribution in [3.05, 3.63) is 23.7 Å². The quantitative estimate of drug-likeness (QED) is 0.755. The van der Waals surface area contributed by atoms with Crippen molar-refractivity contribution in [3.8, 4) is 0 Å². The molecule has 0 bridgehead atoms. The van der Waals surface area contributed by atoms with E-state index in [4.69, 9.17) is 4.42 Å². The SMILES string of the molecule is CCc1occc1[C@@H]1CCCCN1. The van der Waals surface area contributed by atoms with E-state index < -0.39 is 0 Å². The second-order valence-corrected chi connectivity index (χ2v) is 3.66. The Morgan fingerprint density at radius 2 is 2.46 bits per heavy atom. The Kier molecular flexibility index (Phi) is 2.69. The van der Waals surface area contributed by atoms with Crippen LogP contribution in [0.5, 0.6) is 0 Å². The molecule has 1 aromatic rings. The molecular formula is C11H17NO. The summed E-state index contributed by atoms with van der Waals surface area (Å²) < 4.78 is 5.43. The summed E-state index contributed by atoms with van der Waals surface area (Å²) in [6.45, 7) is 3.30. The topological polar surface area (TPSA) is 25.2 Å². The minimum absolute atomic E-state index is 0.544. The molecule has 2 heterocycles. The van der Waals surface area contributed by atoms with Gasteiger partial charge in [0.1, 0.15) is 5.76 Å². The minimum Gasteiger partial charge on any atom is -0.469 e. The molecule has 2 nitrogen and oxygen atoms in total. The van der Waals surface area contributed by atoms with Crippen LogP contribution in [0.25, 0.3) is 0 Å². The van der Waals surface area contributed by atoms with Crippen molar-refractivity contribution < 1.29 is 4.42 Å². The molecule has 1 saturated heterocycles. The Hall–Kier alpha value is -0.760. The zero-order chi connectivity index (χ0) is 9.10. The van der Waals surface area contributed by atoms with Crippen LogP contribution in [-0.4, -0.2) is 6.54 Å². The Balaban J connectivity index is 2.13. The third-order valence-electron chi connectivity index (χ3n) is 2.79. The van der Waals surface area contributed by atoms with E-state index in [1.54, 1.807) is 0 Å². The van der Waals surface area contributed by atoms with Crippen LogP contribution >= 0.6 is 0 Å². The molecule has 0 amide bonds. The molecule has 1 aromatic heterocycles. The van der Waals surface area contributed by atoms with Crippen molar-refractivity contribution in [2.45, 2.75) is 38.6 Å². The lowest BCUT2D eigenvalue weighted by atomic mass is 9.97. The Morgan fingerprint density at radius 3 is 3.15 bits per heavy atom. The van der Waals surface area contributed by atoms with Gasteiger partial charge in [0.2, 0.25) is 0 Å². The van der Waals surface area contributed by atoms with Crippen LogP contribution in [0.15, 0.2) is 16.7 Å². The molecule has 1 aliphatic rings. The second-order valence-electron chi connectivity index (χ2n) is 3.66. The summed E-state index contributed by atoms with van der Waals surface area (Å²) in [5.41, 5.74) is 1.38. The van der Waals surface area contributed by atoms with Crippen LogP contribution in [-0.2, 0) is 6.42 Å². The lowest BCUT2D eigenvalue weighted by Crippen LogP contribution is -2.27. The Morgan fingerprint density at radius 1 is 1.54 bits per heavy atom. The number of hydrogen-bond donors (Lipinski definition) is 1.